The Morgan fingerprint density at radius 1 is 1.07 bits per heavy atom. The van der Waals surface area contributed by atoms with E-state index in [9.17, 15) is 0 Å². The fourth-order valence-corrected chi connectivity index (χ4v) is 2.26. The van der Waals surface area contributed by atoms with Crippen LogP contribution in [0.15, 0.2) is 47.6 Å². The number of guanidine groups is 1. The molecule has 2 rings (SSSR count). The summed E-state index contributed by atoms with van der Waals surface area (Å²) in [5.41, 5.74) is 0.929. The summed E-state index contributed by atoms with van der Waals surface area (Å²) >= 11 is 0. The van der Waals surface area contributed by atoms with Crippen molar-refractivity contribution in [1.82, 2.24) is 15.6 Å². The van der Waals surface area contributed by atoms with Gasteiger partial charge >= 0.3 is 0 Å². The van der Waals surface area contributed by atoms with Crippen LogP contribution < -0.4 is 20.1 Å². The number of hydrogen-bond acceptors (Lipinski definition) is 5. The molecule has 0 aliphatic rings. The van der Waals surface area contributed by atoms with Crippen molar-refractivity contribution in [3.63, 3.8) is 0 Å². The molecule has 0 saturated heterocycles. The smallest absolute Gasteiger partial charge is 0.224 e. The van der Waals surface area contributed by atoms with E-state index in [1.54, 1.807) is 20.4 Å². The summed E-state index contributed by atoms with van der Waals surface area (Å²) in [6, 6.07) is 11.4. The maximum atomic E-state index is 5.95. The Balaban J connectivity index is 0.00000392. The molecule has 0 aliphatic carbocycles. The van der Waals surface area contributed by atoms with E-state index in [2.05, 4.69) is 27.5 Å². The molecule has 2 N–H and O–H groups in total. The second kappa shape index (κ2) is 14.0. The molecule has 0 bridgehead atoms. The molecule has 0 spiro atoms. The standard InChI is InChI=1S/C20H28N4O3.HI/c1-4-13-26-17-7-9-18(10-8-17)27-19-16(6-5-11-22-19)15-24-20(21-2)23-12-14-25-3;/h5-11H,4,12-15H2,1-3H3,(H2,21,23,24);1H. The van der Waals surface area contributed by atoms with Crippen LogP contribution in [0.5, 0.6) is 17.4 Å². The Morgan fingerprint density at radius 3 is 2.50 bits per heavy atom. The lowest BCUT2D eigenvalue weighted by atomic mass is 10.2. The minimum Gasteiger partial charge on any atom is -0.494 e. The number of methoxy groups -OCH3 is 1. The summed E-state index contributed by atoms with van der Waals surface area (Å²) in [6.07, 6.45) is 2.69. The highest BCUT2D eigenvalue weighted by Gasteiger charge is 2.07. The largest absolute Gasteiger partial charge is 0.494 e. The molecule has 0 radical (unpaired) electrons. The summed E-state index contributed by atoms with van der Waals surface area (Å²) < 4.78 is 16.6. The number of aliphatic imine (C=N–C) groups is 1. The topological polar surface area (TPSA) is 77.0 Å². The van der Waals surface area contributed by atoms with Crippen molar-refractivity contribution < 1.29 is 14.2 Å². The van der Waals surface area contributed by atoms with Crippen molar-refractivity contribution in [3.8, 4) is 17.4 Å². The number of halogens is 1. The van der Waals surface area contributed by atoms with Gasteiger partial charge in [-0.1, -0.05) is 13.0 Å². The first-order valence-corrected chi connectivity index (χ1v) is 9.05. The average molecular weight is 500 g/mol. The summed E-state index contributed by atoms with van der Waals surface area (Å²) in [4.78, 5) is 8.54. The first-order valence-electron chi connectivity index (χ1n) is 9.05. The van der Waals surface area contributed by atoms with Gasteiger partial charge in [0.25, 0.3) is 0 Å². The van der Waals surface area contributed by atoms with E-state index in [1.165, 1.54) is 0 Å². The molecule has 0 aliphatic heterocycles. The number of rotatable bonds is 10. The van der Waals surface area contributed by atoms with E-state index in [0.717, 1.165) is 17.7 Å². The number of hydrogen-bond donors (Lipinski definition) is 2. The van der Waals surface area contributed by atoms with E-state index in [1.807, 2.05) is 36.4 Å². The summed E-state index contributed by atoms with van der Waals surface area (Å²) in [6.45, 7) is 4.61. The highest BCUT2D eigenvalue weighted by Crippen LogP contribution is 2.25. The molecule has 0 unspecified atom stereocenters. The van der Waals surface area contributed by atoms with Crippen LogP contribution in [0.25, 0.3) is 0 Å². The summed E-state index contributed by atoms with van der Waals surface area (Å²) in [7, 11) is 3.39. The van der Waals surface area contributed by atoms with E-state index in [0.29, 0.717) is 43.9 Å². The molecule has 1 aromatic carbocycles. The van der Waals surface area contributed by atoms with Crippen LogP contribution in [-0.2, 0) is 11.3 Å². The zero-order valence-corrected chi connectivity index (χ0v) is 18.9. The number of nitrogens with zero attached hydrogens (tertiary/aromatic N) is 2. The molecule has 28 heavy (non-hydrogen) atoms. The Bertz CT molecular complexity index is 711. The number of aromatic nitrogens is 1. The molecule has 0 saturated carbocycles. The molecule has 0 atom stereocenters. The molecule has 8 heteroatoms. The van der Waals surface area contributed by atoms with Crippen LogP contribution in [0, 0.1) is 0 Å². The molecule has 7 nitrogen and oxygen atoms in total. The van der Waals surface area contributed by atoms with E-state index < -0.39 is 0 Å². The monoisotopic (exact) mass is 500 g/mol. The third-order valence-electron chi connectivity index (χ3n) is 3.63. The lowest BCUT2D eigenvalue weighted by Gasteiger charge is -2.14. The normalized spacial score (nSPS) is 10.8. The van der Waals surface area contributed by atoms with Crippen molar-refractivity contribution in [2.75, 3.05) is 33.9 Å². The Kier molecular flexibility index (Phi) is 12.0. The Morgan fingerprint density at radius 2 is 1.82 bits per heavy atom. The molecule has 2 aromatic rings. The lowest BCUT2D eigenvalue weighted by Crippen LogP contribution is -2.38. The van der Waals surface area contributed by atoms with Crippen molar-refractivity contribution >= 4 is 29.9 Å². The number of pyridine rings is 1. The maximum Gasteiger partial charge on any atom is 0.224 e. The molecule has 0 fully saturated rings. The van der Waals surface area contributed by atoms with Gasteiger partial charge in [-0.25, -0.2) is 4.98 Å². The number of benzene rings is 1. The number of ether oxygens (including phenoxy) is 3. The number of nitrogens with one attached hydrogen (secondary N) is 2. The van der Waals surface area contributed by atoms with Crippen LogP contribution >= 0.6 is 24.0 Å². The molecular formula is C20H29IN4O3. The molecule has 1 aromatic heterocycles. The van der Waals surface area contributed by atoms with Crippen molar-refractivity contribution in [2.24, 2.45) is 4.99 Å². The van der Waals surface area contributed by atoms with Gasteiger partial charge in [-0.05, 0) is 36.8 Å². The quantitative estimate of drug-likeness (QED) is 0.225. The van der Waals surface area contributed by atoms with Crippen molar-refractivity contribution in [1.29, 1.82) is 0 Å². The first kappa shape index (κ1) is 24.0. The predicted octanol–water partition coefficient (Wildman–Crippen LogP) is 3.59. The van der Waals surface area contributed by atoms with Gasteiger partial charge in [0.15, 0.2) is 5.96 Å². The van der Waals surface area contributed by atoms with E-state index >= 15 is 0 Å². The van der Waals surface area contributed by atoms with Crippen LogP contribution in [0.2, 0.25) is 0 Å². The maximum absolute atomic E-state index is 5.95. The SMILES string of the molecule is CCCOc1ccc(Oc2ncccc2CNC(=NC)NCCOC)cc1.I. The van der Waals surface area contributed by atoms with Gasteiger partial charge in [0.05, 0.1) is 13.2 Å². The molecule has 154 valence electrons. The first-order chi connectivity index (χ1) is 13.3. The van der Waals surface area contributed by atoms with Gasteiger partial charge < -0.3 is 24.8 Å². The second-order valence-electron chi connectivity index (χ2n) is 5.73. The zero-order valence-electron chi connectivity index (χ0n) is 16.6. The van der Waals surface area contributed by atoms with Crippen molar-refractivity contribution in [3.05, 3.63) is 48.2 Å². The zero-order chi connectivity index (χ0) is 19.3. The van der Waals surface area contributed by atoms with Gasteiger partial charge in [-0.3, -0.25) is 4.99 Å². The highest BCUT2D eigenvalue weighted by atomic mass is 127. The fraction of sp³-hybridized carbons (Fsp3) is 0.400. The molecule has 1 heterocycles. The van der Waals surface area contributed by atoms with Gasteiger partial charge in [0, 0.05) is 39.0 Å². The Hall–Kier alpha value is -2.07. The average Bonchev–Trinajstić information content (AvgIpc) is 2.71. The summed E-state index contributed by atoms with van der Waals surface area (Å²) in [5, 5.41) is 6.42. The summed E-state index contributed by atoms with van der Waals surface area (Å²) in [5.74, 6) is 2.79. The highest BCUT2D eigenvalue weighted by molar-refractivity contribution is 14.0. The molecular weight excluding hydrogens is 471 g/mol. The van der Waals surface area contributed by atoms with Crippen molar-refractivity contribution in [2.45, 2.75) is 19.9 Å². The fourth-order valence-electron chi connectivity index (χ4n) is 2.26. The van der Waals surface area contributed by atoms with Gasteiger partial charge in [0.1, 0.15) is 11.5 Å². The Labute approximate surface area is 183 Å². The van der Waals surface area contributed by atoms with E-state index in [-0.39, 0.29) is 24.0 Å². The van der Waals surface area contributed by atoms with Gasteiger partial charge in [0.2, 0.25) is 5.88 Å². The second-order valence-corrected chi connectivity index (χ2v) is 5.73. The van der Waals surface area contributed by atoms with Gasteiger partial charge in [-0.15, -0.1) is 24.0 Å². The minimum absolute atomic E-state index is 0. The third kappa shape index (κ3) is 8.30. The minimum atomic E-state index is 0. The van der Waals surface area contributed by atoms with E-state index in [4.69, 9.17) is 14.2 Å². The molecule has 0 amide bonds. The third-order valence-corrected chi connectivity index (χ3v) is 3.63. The lowest BCUT2D eigenvalue weighted by molar-refractivity contribution is 0.203. The predicted molar refractivity (Wildman–Crippen MR) is 122 cm³/mol. The van der Waals surface area contributed by atoms with Crippen LogP contribution in [0.3, 0.4) is 0 Å². The van der Waals surface area contributed by atoms with Gasteiger partial charge in [-0.2, -0.15) is 0 Å². The van der Waals surface area contributed by atoms with Crippen LogP contribution in [-0.4, -0.2) is 44.9 Å². The van der Waals surface area contributed by atoms with Crippen LogP contribution in [0.4, 0.5) is 0 Å². The van der Waals surface area contributed by atoms with Crippen LogP contribution in [0.1, 0.15) is 18.9 Å².